The van der Waals surface area contributed by atoms with Gasteiger partial charge in [0, 0.05) is 74.2 Å². The molecule has 0 radical (unpaired) electrons. The number of hydrogen-bond acceptors (Lipinski definition) is 3. The second-order valence-electron chi connectivity index (χ2n) is 26.6. The van der Waals surface area contributed by atoms with E-state index in [1.807, 2.05) is 24.7 Å². The van der Waals surface area contributed by atoms with E-state index >= 15 is 0 Å². The number of hydrogen-bond donors (Lipinski definition) is 0. The van der Waals surface area contributed by atoms with Gasteiger partial charge in [-0.3, -0.25) is 15.0 Å². The van der Waals surface area contributed by atoms with Crippen LogP contribution in [0.15, 0.2) is 322 Å². The van der Waals surface area contributed by atoms with Crippen LogP contribution in [0.2, 0.25) is 0 Å². The Balaban J connectivity index is 0.768. The van der Waals surface area contributed by atoms with Crippen molar-refractivity contribution in [3.05, 3.63) is 355 Å². The summed E-state index contributed by atoms with van der Waals surface area (Å²) >= 11 is 0. The summed E-state index contributed by atoms with van der Waals surface area (Å²) in [5, 5.41) is 0. The van der Waals surface area contributed by atoms with E-state index in [9.17, 15) is 0 Å². The van der Waals surface area contributed by atoms with Gasteiger partial charge in [-0.1, -0.05) is 271 Å². The van der Waals surface area contributed by atoms with Crippen molar-refractivity contribution in [1.29, 1.82) is 0 Å². The van der Waals surface area contributed by atoms with Crippen molar-refractivity contribution in [2.45, 2.75) is 52.4 Å². The van der Waals surface area contributed by atoms with E-state index in [4.69, 9.17) is 15.0 Å². The van der Waals surface area contributed by atoms with Crippen molar-refractivity contribution < 1.29 is 0 Å². The van der Waals surface area contributed by atoms with Crippen LogP contribution < -0.4 is 0 Å². The molecule has 11 aromatic carbocycles. The molecule has 0 amide bonds. The molecule has 0 unspecified atom stereocenters. The molecule has 0 fully saturated rings. The molecule has 3 nitrogen and oxygen atoms in total. The van der Waals surface area contributed by atoms with Crippen molar-refractivity contribution in [3.63, 3.8) is 0 Å². The summed E-state index contributed by atoms with van der Waals surface area (Å²) in [5.74, 6) is 13.4. The SMILES string of the molecule is CC(C)(C)c1ccc(C#Cc2ccc(-c3cccc(-c4ccc(-c5ccccc5-c5cc(-c6ccccc6-c6ccc(-c7ccccc7)nc6)cc(-c6ccccc6-c6ccc(-c7cccc(-c8ccc(C#Cc9ccc(C(C)(C)C)cc9)cc8)c7)nc6)c5)cn4)c3)cc2)cc1. The van der Waals surface area contributed by atoms with Crippen LogP contribution in [0.1, 0.15) is 74.9 Å². The number of pyridine rings is 3. The third-order valence-corrected chi connectivity index (χ3v) is 17.9. The molecule has 0 saturated carbocycles. The molecule has 14 aromatic rings. The molecule has 3 heteroatoms. The fraction of sp³-hybridized carbons (Fsp3) is 0.0860. The first kappa shape index (κ1) is 61.5. The van der Waals surface area contributed by atoms with E-state index < -0.39 is 0 Å². The van der Waals surface area contributed by atoms with Crippen LogP contribution in [-0.2, 0) is 10.8 Å². The lowest BCUT2D eigenvalue weighted by atomic mass is 9.86. The summed E-state index contributed by atoms with van der Waals surface area (Å²) in [6.45, 7) is 13.4. The Labute approximate surface area is 565 Å². The first-order chi connectivity index (χ1) is 46.8. The summed E-state index contributed by atoms with van der Waals surface area (Å²) in [4.78, 5) is 15.3. The third kappa shape index (κ3) is 13.9. The molecule has 3 aromatic heterocycles. The Morgan fingerprint density at radius 3 is 0.750 bits per heavy atom. The Morgan fingerprint density at radius 1 is 0.198 bits per heavy atom. The van der Waals surface area contributed by atoms with Crippen molar-refractivity contribution in [2.24, 2.45) is 0 Å². The molecule has 0 aliphatic rings. The van der Waals surface area contributed by atoms with Crippen LogP contribution in [0.25, 0.3) is 123 Å². The minimum absolute atomic E-state index is 0.107. The molecule has 0 N–H and O–H groups in total. The monoisotopic (exact) mass is 1230 g/mol. The number of benzene rings is 11. The zero-order valence-corrected chi connectivity index (χ0v) is 54.9. The van der Waals surface area contributed by atoms with Gasteiger partial charge in [-0.25, -0.2) is 0 Å². The zero-order chi connectivity index (χ0) is 65.6. The normalized spacial score (nSPS) is 11.3. The van der Waals surface area contributed by atoms with Crippen molar-refractivity contribution in [3.8, 4) is 146 Å². The maximum absolute atomic E-state index is 5.16. The van der Waals surface area contributed by atoms with E-state index in [1.165, 1.54) is 11.1 Å². The second-order valence-corrected chi connectivity index (χ2v) is 26.6. The first-order valence-electron chi connectivity index (χ1n) is 32.8. The topological polar surface area (TPSA) is 38.7 Å². The van der Waals surface area contributed by atoms with Crippen molar-refractivity contribution >= 4 is 0 Å². The smallest absolute Gasteiger partial charge is 0.0702 e. The molecule has 0 aliphatic carbocycles. The summed E-state index contributed by atoms with van der Waals surface area (Å²) in [5.41, 5.74) is 30.1. The van der Waals surface area contributed by atoms with Crippen molar-refractivity contribution in [2.75, 3.05) is 0 Å². The van der Waals surface area contributed by atoms with Gasteiger partial charge >= 0.3 is 0 Å². The average molecular weight is 1230 g/mol. The van der Waals surface area contributed by atoms with Gasteiger partial charge in [0.2, 0.25) is 0 Å². The average Bonchev–Trinajstić information content (AvgIpc) is 0.780. The van der Waals surface area contributed by atoms with Crippen LogP contribution >= 0.6 is 0 Å². The van der Waals surface area contributed by atoms with Gasteiger partial charge in [0.05, 0.1) is 17.1 Å². The highest BCUT2D eigenvalue weighted by atomic mass is 14.7. The van der Waals surface area contributed by atoms with Gasteiger partial charge < -0.3 is 0 Å². The predicted octanol–water partition coefficient (Wildman–Crippen LogP) is 23.6. The van der Waals surface area contributed by atoms with Crippen molar-refractivity contribution in [1.82, 2.24) is 15.0 Å². The largest absolute Gasteiger partial charge is 0.256 e. The van der Waals surface area contributed by atoms with Gasteiger partial charge in [-0.2, -0.15) is 0 Å². The number of aromatic nitrogens is 3. The number of nitrogens with zero attached hydrogens (tertiary/aromatic N) is 3. The van der Waals surface area contributed by atoms with E-state index in [0.717, 1.165) is 145 Å². The molecule has 3 heterocycles. The Hall–Kier alpha value is -12.0. The fourth-order valence-electron chi connectivity index (χ4n) is 12.4. The quantitative estimate of drug-likeness (QED) is 0.121. The molecule has 96 heavy (non-hydrogen) atoms. The van der Waals surface area contributed by atoms with E-state index in [1.54, 1.807) is 0 Å². The van der Waals surface area contributed by atoms with E-state index in [0.29, 0.717) is 0 Å². The molecule has 0 spiro atoms. The molecule has 0 atom stereocenters. The first-order valence-corrected chi connectivity index (χ1v) is 32.8. The summed E-state index contributed by atoms with van der Waals surface area (Å²) < 4.78 is 0. The number of rotatable bonds is 11. The molecule has 0 saturated heterocycles. The molecule has 458 valence electrons. The Bertz CT molecular complexity index is 4950. The van der Waals surface area contributed by atoms with Gasteiger partial charge in [0.25, 0.3) is 0 Å². The van der Waals surface area contributed by atoms with Gasteiger partial charge in [-0.05, 0) is 191 Å². The molecular formula is C93H71N3. The standard InChI is InChI=1S/C93H71N3/c1-92(2,3)81-49-38-66(39-50-81)32-30-64-34-42-68(43-35-64)71-20-16-22-73(56-71)90-54-47-76(62-95-90)84-25-11-14-28-87(84)79-58-78(86-27-13-10-24-83(86)75-46-53-89(94-61-75)70-18-8-7-9-19-70)59-80(60-79)88-29-15-12-26-85(88)77-48-55-91(96-63-77)74-23-17-21-72(57-74)69-44-36-65(37-45-69)31-33-67-40-51-82(52-41-67)93(4,5)6/h7-29,34-63H,1-6H3. The van der Waals surface area contributed by atoms with Gasteiger partial charge in [0.15, 0.2) is 0 Å². The van der Waals surface area contributed by atoms with Crippen LogP contribution in [0.5, 0.6) is 0 Å². The van der Waals surface area contributed by atoms with Gasteiger partial charge in [0.1, 0.15) is 0 Å². The summed E-state index contributed by atoms with van der Waals surface area (Å²) in [6, 6.07) is 108. The molecule has 0 bridgehead atoms. The minimum atomic E-state index is 0.107. The third-order valence-electron chi connectivity index (χ3n) is 17.9. The Morgan fingerprint density at radius 2 is 0.448 bits per heavy atom. The van der Waals surface area contributed by atoms with Gasteiger partial charge in [-0.15, -0.1) is 0 Å². The second kappa shape index (κ2) is 26.9. The molecule has 14 rings (SSSR count). The molecular weight excluding hydrogens is 1160 g/mol. The van der Waals surface area contributed by atoms with E-state index in [2.05, 4.69) is 362 Å². The maximum atomic E-state index is 5.16. The summed E-state index contributed by atoms with van der Waals surface area (Å²) in [7, 11) is 0. The van der Waals surface area contributed by atoms with Crippen LogP contribution in [0, 0.1) is 23.7 Å². The molecule has 0 aliphatic heterocycles. The van der Waals surface area contributed by atoms with Crippen LogP contribution in [0.3, 0.4) is 0 Å². The highest BCUT2D eigenvalue weighted by Gasteiger charge is 2.19. The predicted molar refractivity (Wildman–Crippen MR) is 402 cm³/mol. The minimum Gasteiger partial charge on any atom is -0.256 e. The van der Waals surface area contributed by atoms with Crippen LogP contribution in [-0.4, -0.2) is 15.0 Å². The maximum Gasteiger partial charge on any atom is 0.0702 e. The van der Waals surface area contributed by atoms with E-state index in [-0.39, 0.29) is 10.8 Å². The lowest BCUT2D eigenvalue weighted by Crippen LogP contribution is -2.10. The fourth-order valence-corrected chi connectivity index (χ4v) is 12.4. The lowest BCUT2D eigenvalue weighted by molar-refractivity contribution is 0.590. The van der Waals surface area contributed by atoms with Crippen LogP contribution in [0.4, 0.5) is 0 Å². The highest BCUT2D eigenvalue weighted by molar-refractivity contribution is 5.94. The lowest BCUT2D eigenvalue weighted by Gasteiger charge is -2.18. The summed E-state index contributed by atoms with van der Waals surface area (Å²) in [6.07, 6.45) is 6.03. The highest BCUT2D eigenvalue weighted by Crippen LogP contribution is 2.43. The Kier molecular flexibility index (Phi) is 17.2. The zero-order valence-electron chi connectivity index (χ0n) is 54.9.